The first-order chi connectivity index (χ1) is 20.3. The smallest absolute Gasteiger partial charge is 0.410 e. The van der Waals surface area contributed by atoms with Crippen LogP contribution in [0.5, 0.6) is 0 Å². The van der Waals surface area contributed by atoms with Crippen LogP contribution in [0.3, 0.4) is 0 Å². The van der Waals surface area contributed by atoms with Crippen LogP contribution in [0.1, 0.15) is 56.2 Å². The lowest BCUT2D eigenvalue weighted by Crippen LogP contribution is -2.34. The molecule has 0 unspecified atom stereocenters. The summed E-state index contributed by atoms with van der Waals surface area (Å²) in [4.78, 5) is 41.3. The molecule has 2 amide bonds. The molecule has 3 aromatic heterocycles. The van der Waals surface area contributed by atoms with Gasteiger partial charge in [0.25, 0.3) is 5.91 Å². The van der Waals surface area contributed by atoms with E-state index in [4.69, 9.17) is 14.7 Å². The number of pyridine rings is 2. The number of rotatable bonds is 7. The fourth-order valence-corrected chi connectivity index (χ4v) is 4.67. The molecule has 0 saturated carbocycles. The predicted molar refractivity (Wildman–Crippen MR) is 161 cm³/mol. The van der Waals surface area contributed by atoms with Crippen LogP contribution in [-0.2, 0) is 17.8 Å². The first kappa shape index (κ1) is 29.6. The zero-order valence-corrected chi connectivity index (χ0v) is 25.4. The number of ether oxygens (including phenoxy) is 1. The highest BCUT2D eigenvalue weighted by Gasteiger charge is 2.34. The van der Waals surface area contributed by atoms with E-state index in [1.807, 2.05) is 46.6 Å². The largest absolute Gasteiger partial charge is 0.444 e. The zero-order chi connectivity index (χ0) is 31.1. The van der Waals surface area contributed by atoms with Gasteiger partial charge in [-0.1, -0.05) is 12.1 Å². The van der Waals surface area contributed by atoms with Gasteiger partial charge in [-0.25, -0.2) is 19.2 Å². The van der Waals surface area contributed by atoms with E-state index in [0.717, 1.165) is 5.56 Å². The Morgan fingerprint density at radius 1 is 1.09 bits per heavy atom. The van der Waals surface area contributed by atoms with Gasteiger partial charge in [0.1, 0.15) is 35.1 Å². The van der Waals surface area contributed by atoms with Gasteiger partial charge in [0, 0.05) is 25.7 Å². The fourth-order valence-electron chi connectivity index (χ4n) is 4.67. The van der Waals surface area contributed by atoms with Crippen molar-refractivity contribution in [3.63, 3.8) is 0 Å². The van der Waals surface area contributed by atoms with Gasteiger partial charge in [-0.2, -0.15) is 0 Å². The van der Waals surface area contributed by atoms with Crippen LogP contribution in [0, 0.1) is 5.82 Å². The molecule has 0 N–H and O–H groups in total. The monoisotopic (exact) mass is 586 g/mol. The molecule has 1 aliphatic rings. The fraction of sp³-hybridized carbons (Fsp3) is 0.355. The first-order valence-corrected chi connectivity index (χ1v) is 14.0. The van der Waals surface area contributed by atoms with Crippen LogP contribution in [0.15, 0.2) is 54.9 Å². The Morgan fingerprint density at radius 3 is 2.53 bits per heavy atom. The Bertz CT molecular complexity index is 1680. The minimum absolute atomic E-state index is 0.128. The van der Waals surface area contributed by atoms with Gasteiger partial charge in [-0.3, -0.25) is 14.3 Å². The Morgan fingerprint density at radius 2 is 1.84 bits per heavy atom. The number of hydrogen-bond donors (Lipinski definition) is 0. The predicted octanol–water partition coefficient (Wildman–Crippen LogP) is 5.24. The van der Waals surface area contributed by atoms with Gasteiger partial charge in [-0.15, -0.1) is 10.2 Å². The van der Waals surface area contributed by atoms with Gasteiger partial charge in [0.05, 0.1) is 30.0 Å². The number of hydrogen-bond acceptors (Lipinski definition) is 8. The van der Waals surface area contributed by atoms with Gasteiger partial charge >= 0.3 is 6.09 Å². The highest BCUT2D eigenvalue weighted by atomic mass is 19.1. The maximum Gasteiger partial charge on any atom is 0.410 e. The third kappa shape index (κ3) is 6.18. The zero-order valence-electron chi connectivity index (χ0n) is 25.4. The molecule has 0 aliphatic carbocycles. The molecule has 0 radical (unpaired) electrons. The van der Waals surface area contributed by atoms with Crippen molar-refractivity contribution in [1.82, 2.24) is 29.6 Å². The summed E-state index contributed by atoms with van der Waals surface area (Å²) in [6, 6.07) is 13.3. The summed E-state index contributed by atoms with van der Waals surface area (Å²) in [6.07, 6.45) is 1.00. The molecular formula is C31H35FN8O3. The number of carbonyl (C=O) groups excluding carboxylic acids is 2. The summed E-state index contributed by atoms with van der Waals surface area (Å²) in [5.74, 6) is 0.828. The lowest BCUT2D eigenvalue weighted by molar-refractivity contribution is 0.0282. The lowest BCUT2D eigenvalue weighted by Gasteiger charge is -2.26. The van der Waals surface area contributed by atoms with Crippen molar-refractivity contribution < 1.29 is 18.7 Å². The summed E-state index contributed by atoms with van der Waals surface area (Å²) in [5, 5.41) is 8.22. The quantitative estimate of drug-likeness (QED) is 0.289. The van der Waals surface area contributed by atoms with Gasteiger partial charge in [0.15, 0.2) is 5.82 Å². The van der Waals surface area contributed by atoms with E-state index < -0.39 is 11.7 Å². The second-order valence-corrected chi connectivity index (χ2v) is 11.8. The van der Waals surface area contributed by atoms with E-state index in [9.17, 15) is 14.0 Å². The van der Waals surface area contributed by atoms with Gasteiger partial charge < -0.3 is 14.5 Å². The molecular weight excluding hydrogens is 551 g/mol. The molecule has 11 nitrogen and oxygen atoms in total. The highest BCUT2D eigenvalue weighted by molar-refractivity contribution is 6.10. The molecule has 5 rings (SSSR count). The highest BCUT2D eigenvalue weighted by Crippen LogP contribution is 2.33. The molecule has 0 fully saturated rings. The number of halogens is 1. The number of aromatic nitrogens is 5. The number of amides is 2. The van der Waals surface area contributed by atoms with Crippen LogP contribution in [-0.4, -0.2) is 67.4 Å². The van der Waals surface area contributed by atoms with Crippen LogP contribution < -0.4 is 9.80 Å². The molecule has 0 atom stereocenters. The third-order valence-corrected chi connectivity index (χ3v) is 7.09. The molecule has 0 saturated heterocycles. The van der Waals surface area contributed by atoms with E-state index in [1.54, 1.807) is 52.9 Å². The maximum absolute atomic E-state index is 13.9. The Hall–Kier alpha value is -4.87. The topological polar surface area (TPSA) is 110 Å². The number of nitrogens with zero attached hydrogens (tertiary/aromatic N) is 8. The molecule has 4 aromatic rings. The summed E-state index contributed by atoms with van der Waals surface area (Å²) in [5.41, 5.74) is 2.18. The van der Waals surface area contributed by atoms with Crippen molar-refractivity contribution in [3.05, 3.63) is 77.5 Å². The van der Waals surface area contributed by atoms with E-state index in [-0.39, 0.29) is 30.9 Å². The second-order valence-electron chi connectivity index (χ2n) is 11.8. The Kier molecular flexibility index (Phi) is 7.87. The molecule has 224 valence electrons. The van der Waals surface area contributed by atoms with Gasteiger partial charge in [-0.05, 0) is 71.0 Å². The normalized spacial score (nSPS) is 13.0. The molecule has 1 aliphatic heterocycles. The lowest BCUT2D eigenvalue weighted by atomic mass is 10.1. The molecule has 0 bridgehead atoms. The first-order valence-electron chi connectivity index (χ1n) is 14.0. The van der Waals surface area contributed by atoms with E-state index in [1.165, 1.54) is 23.4 Å². The Balaban J connectivity index is 1.50. The van der Waals surface area contributed by atoms with E-state index in [2.05, 4.69) is 10.2 Å². The maximum atomic E-state index is 13.9. The summed E-state index contributed by atoms with van der Waals surface area (Å²) in [6.45, 7) is 9.88. The van der Waals surface area contributed by atoms with Crippen molar-refractivity contribution in [3.8, 4) is 17.2 Å². The van der Waals surface area contributed by atoms with Crippen molar-refractivity contribution in [1.29, 1.82) is 0 Å². The SMILES string of the molecule is CC(C)N(C)c1cc2c(c(CN(C)C(=O)OC(C)(C)C)n1)CN(c1cccc(-c3nncn3-c3cccc(F)c3)n1)C2=O. The minimum atomic E-state index is -0.650. The van der Waals surface area contributed by atoms with Gasteiger partial charge in [0.2, 0.25) is 0 Å². The standard InChI is InChI=1S/C31H35FN8O3/c1-19(2)38(7)27-15-22-23(25(35-27)17-37(6)30(42)43-31(3,4)5)16-39(29(22)41)26-13-9-12-24(34-26)28-36-33-18-40(28)21-11-8-10-20(32)14-21/h8-15,18-19H,16-17H2,1-7H3. The molecule has 4 heterocycles. The molecule has 43 heavy (non-hydrogen) atoms. The summed E-state index contributed by atoms with van der Waals surface area (Å²) in [7, 11) is 3.56. The number of fused-ring (bicyclic) bond motifs is 1. The average molecular weight is 587 g/mol. The van der Waals surface area contributed by atoms with Crippen molar-refractivity contribution >= 4 is 23.6 Å². The van der Waals surface area contributed by atoms with Crippen LogP contribution in [0.25, 0.3) is 17.2 Å². The van der Waals surface area contributed by atoms with Crippen LogP contribution >= 0.6 is 0 Å². The average Bonchev–Trinajstić information content (AvgIpc) is 3.57. The van der Waals surface area contributed by atoms with E-state index in [0.29, 0.717) is 40.1 Å². The number of carbonyl (C=O) groups is 2. The molecule has 0 spiro atoms. The van der Waals surface area contributed by atoms with Crippen LogP contribution in [0.4, 0.5) is 20.8 Å². The number of anilines is 2. The summed E-state index contributed by atoms with van der Waals surface area (Å²) < 4.78 is 21.1. The van der Waals surface area contributed by atoms with Crippen molar-refractivity contribution in [2.75, 3.05) is 23.9 Å². The number of benzene rings is 1. The second kappa shape index (κ2) is 11.4. The van der Waals surface area contributed by atoms with E-state index >= 15 is 0 Å². The van der Waals surface area contributed by atoms with Crippen molar-refractivity contribution in [2.24, 2.45) is 0 Å². The molecule has 12 heteroatoms. The third-order valence-electron chi connectivity index (χ3n) is 7.09. The minimum Gasteiger partial charge on any atom is -0.444 e. The summed E-state index contributed by atoms with van der Waals surface area (Å²) >= 11 is 0. The van der Waals surface area contributed by atoms with Crippen molar-refractivity contribution in [2.45, 2.75) is 59.4 Å². The molecule has 1 aromatic carbocycles. The van der Waals surface area contributed by atoms with Crippen LogP contribution in [0.2, 0.25) is 0 Å². The Labute approximate surface area is 249 Å².